The van der Waals surface area contributed by atoms with E-state index in [1.54, 1.807) is 7.11 Å². The summed E-state index contributed by atoms with van der Waals surface area (Å²) in [6.45, 7) is 0.590. The molecule has 0 atom stereocenters. The van der Waals surface area contributed by atoms with Crippen LogP contribution in [0.3, 0.4) is 0 Å². The standard InChI is InChI=1S/C14H15ClN2O/c1-18-14-7-3-6-13(15)12(14)9-17-11-5-2-4-10(16)8-11/h2-8,17H,9,16H2,1H3. The van der Waals surface area contributed by atoms with Gasteiger partial charge in [-0.05, 0) is 30.3 Å². The van der Waals surface area contributed by atoms with Gasteiger partial charge in [0, 0.05) is 28.5 Å². The summed E-state index contributed by atoms with van der Waals surface area (Å²) in [4.78, 5) is 0. The van der Waals surface area contributed by atoms with Gasteiger partial charge in [-0.3, -0.25) is 0 Å². The largest absolute Gasteiger partial charge is 0.496 e. The fourth-order valence-electron chi connectivity index (χ4n) is 1.74. The number of methoxy groups -OCH3 is 1. The molecule has 0 radical (unpaired) electrons. The zero-order chi connectivity index (χ0) is 13.0. The second-order valence-electron chi connectivity index (χ2n) is 3.90. The third kappa shape index (κ3) is 2.87. The normalized spacial score (nSPS) is 10.1. The van der Waals surface area contributed by atoms with Crippen LogP contribution in [0.25, 0.3) is 0 Å². The van der Waals surface area contributed by atoms with Crippen LogP contribution in [0.4, 0.5) is 11.4 Å². The maximum absolute atomic E-state index is 6.16. The summed E-state index contributed by atoms with van der Waals surface area (Å²) in [6, 6.07) is 13.2. The number of hydrogen-bond donors (Lipinski definition) is 2. The number of halogens is 1. The number of benzene rings is 2. The molecule has 94 valence electrons. The third-order valence-electron chi connectivity index (χ3n) is 2.65. The summed E-state index contributed by atoms with van der Waals surface area (Å²) in [5, 5.41) is 3.96. The highest BCUT2D eigenvalue weighted by Gasteiger charge is 2.07. The van der Waals surface area contributed by atoms with E-state index in [1.165, 1.54) is 0 Å². The topological polar surface area (TPSA) is 47.3 Å². The molecule has 0 fully saturated rings. The van der Waals surface area contributed by atoms with Crippen molar-refractivity contribution in [2.45, 2.75) is 6.54 Å². The fourth-order valence-corrected chi connectivity index (χ4v) is 1.97. The molecule has 0 saturated heterocycles. The lowest BCUT2D eigenvalue weighted by atomic mass is 10.2. The van der Waals surface area contributed by atoms with Gasteiger partial charge in [0.2, 0.25) is 0 Å². The van der Waals surface area contributed by atoms with Gasteiger partial charge in [0.25, 0.3) is 0 Å². The Morgan fingerprint density at radius 1 is 1.22 bits per heavy atom. The lowest BCUT2D eigenvalue weighted by molar-refractivity contribution is 0.410. The van der Waals surface area contributed by atoms with E-state index in [1.807, 2.05) is 42.5 Å². The molecule has 18 heavy (non-hydrogen) atoms. The van der Waals surface area contributed by atoms with Crippen LogP contribution in [0.1, 0.15) is 5.56 Å². The van der Waals surface area contributed by atoms with Crippen molar-refractivity contribution in [3.05, 3.63) is 53.1 Å². The molecule has 2 aromatic rings. The smallest absolute Gasteiger partial charge is 0.125 e. The van der Waals surface area contributed by atoms with Crippen LogP contribution in [-0.2, 0) is 6.54 Å². The maximum atomic E-state index is 6.16. The van der Waals surface area contributed by atoms with Crippen molar-refractivity contribution in [1.29, 1.82) is 0 Å². The van der Waals surface area contributed by atoms with Gasteiger partial charge in [0.15, 0.2) is 0 Å². The molecule has 2 aromatic carbocycles. The van der Waals surface area contributed by atoms with Crippen molar-refractivity contribution in [2.75, 3.05) is 18.2 Å². The van der Waals surface area contributed by atoms with E-state index in [9.17, 15) is 0 Å². The van der Waals surface area contributed by atoms with E-state index in [2.05, 4.69) is 5.32 Å². The summed E-state index contributed by atoms with van der Waals surface area (Å²) in [6.07, 6.45) is 0. The molecule has 0 aliphatic rings. The van der Waals surface area contributed by atoms with Gasteiger partial charge in [0.05, 0.1) is 7.11 Å². The van der Waals surface area contributed by atoms with Gasteiger partial charge in [-0.25, -0.2) is 0 Å². The van der Waals surface area contributed by atoms with E-state index >= 15 is 0 Å². The quantitative estimate of drug-likeness (QED) is 0.829. The van der Waals surface area contributed by atoms with E-state index in [-0.39, 0.29) is 0 Å². The third-order valence-corrected chi connectivity index (χ3v) is 3.01. The molecular weight excluding hydrogens is 248 g/mol. The van der Waals surface area contributed by atoms with Gasteiger partial charge < -0.3 is 15.8 Å². The summed E-state index contributed by atoms with van der Waals surface area (Å²) >= 11 is 6.16. The average Bonchev–Trinajstić information content (AvgIpc) is 2.37. The van der Waals surface area contributed by atoms with E-state index in [0.717, 1.165) is 22.7 Å². The van der Waals surface area contributed by atoms with Gasteiger partial charge in [0.1, 0.15) is 5.75 Å². The van der Waals surface area contributed by atoms with Crippen molar-refractivity contribution in [1.82, 2.24) is 0 Å². The van der Waals surface area contributed by atoms with Crippen molar-refractivity contribution in [3.8, 4) is 5.75 Å². The summed E-state index contributed by atoms with van der Waals surface area (Å²) < 4.78 is 5.29. The predicted octanol–water partition coefficient (Wildman–Crippen LogP) is 3.54. The zero-order valence-electron chi connectivity index (χ0n) is 10.1. The first kappa shape index (κ1) is 12.6. The number of rotatable bonds is 4. The molecule has 0 aromatic heterocycles. The zero-order valence-corrected chi connectivity index (χ0v) is 10.9. The predicted molar refractivity (Wildman–Crippen MR) is 76.2 cm³/mol. The molecule has 0 aliphatic heterocycles. The van der Waals surface area contributed by atoms with Crippen LogP contribution in [0.5, 0.6) is 5.75 Å². The van der Waals surface area contributed by atoms with E-state index in [4.69, 9.17) is 22.1 Å². The average molecular weight is 263 g/mol. The highest BCUT2D eigenvalue weighted by molar-refractivity contribution is 6.31. The molecule has 0 heterocycles. The molecule has 3 N–H and O–H groups in total. The first-order chi connectivity index (χ1) is 8.70. The van der Waals surface area contributed by atoms with Crippen LogP contribution >= 0.6 is 11.6 Å². The van der Waals surface area contributed by atoms with Crippen molar-refractivity contribution in [2.24, 2.45) is 0 Å². The second-order valence-corrected chi connectivity index (χ2v) is 4.31. The Hall–Kier alpha value is -1.87. The first-order valence-corrected chi connectivity index (χ1v) is 5.99. The Bertz CT molecular complexity index is 543. The van der Waals surface area contributed by atoms with Crippen molar-refractivity contribution >= 4 is 23.0 Å². The molecule has 0 spiro atoms. The number of ether oxygens (including phenoxy) is 1. The molecule has 2 rings (SSSR count). The highest BCUT2D eigenvalue weighted by Crippen LogP contribution is 2.27. The molecule has 0 bridgehead atoms. The molecule has 0 aliphatic carbocycles. The molecule has 0 saturated carbocycles. The number of nitrogen functional groups attached to an aromatic ring is 1. The Kier molecular flexibility index (Phi) is 3.95. The van der Waals surface area contributed by atoms with Gasteiger partial charge in [-0.15, -0.1) is 0 Å². The van der Waals surface area contributed by atoms with Crippen LogP contribution < -0.4 is 15.8 Å². The molecular formula is C14H15ClN2O. The number of anilines is 2. The van der Waals surface area contributed by atoms with Crippen molar-refractivity contribution in [3.63, 3.8) is 0 Å². The monoisotopic (exact) mass is 262 g/mol. The van der Waals surface area contributed by atoms with Crippen LogP contribution in [0.15, 0.2) is 42.5 Å². The maximum Gasteiger partial charge on any atom is 0.125 e. The lowest BCUT2D eigenvalue weighted by Crippen LogP contribution is -2.02. The Morgan fingerprint density at radius 2 is 2.00 bits per heavy atom. The van der Waals surface area contributed by atoms with Gasteiger partial charge >= 0.3 is 0 Å². The Labute approximate surface area is 112 Å². The lowest BCUT2D eigenvalue weighted by Gasteiger charge is -2.12. The Morgan fingerprint density at radius 3 is 2.72 bits per heavy atom. The minimum absolute atomic E-state index is 0.590. The van der Waals surface area contributed by atoms with Crippen LogP contribution in [0.2, 0.25) is 5.02 Å². The molecule has 0 unspecified atom stereocenters. The fraction of sp³-hybridized carbons (Fsp3) is 0.143. The second kappa shape index (κ2) is 5.65. The van der Waals surface area contributed by atoms with Crippen molar-refractivity contribution < 1.29 is 4.74 Å². The van der Waals surface area contributed by atoms with Crippen LogP contribution in [0, 0.1) is 0 Å². The highest BCUT2D eigenvalue weighted by atomic mass is 35.5. The van der Waals surface area contributed by atoms with Crippen LogP contribution in [-0.4, -0.2) is 7.11 Å². The van der Waals surface area contributed by atoms with Gasteiger partial charge in [-0.2, -0.15) is 0 Å². The number of nitrogens with two attached hydrogens (primary N) is 1. The van der Waals surface area contributed by atoms with Gasteiger partial charge in [-0.1, -0.05) is 23.7 Å². The van der Waals surface area contributed by atoms with E-state index in [0.29, 0.717) is 11.6 Å². The minimum Gasteiger partial charge on any atom is -0.496 e. The summed E-state index contributed by atoms with van der Waals surface area (Å²) in [7, 11) is 1.63. The van der Waals surface area contributed by atoms with E-state index < -0.39 is 0 Å². The minimum atomic E-state index is 0.590. The molecule has 0 amide bonds. The SMILES string of the molecule is COc1cccc(Cl)c1CNc1cccc(N)c1. The summed E-state index contributed by atoms with van der Waals surface area (Å²) in [5.74, 6) is 0.777. The number of hydrogen-bond acceptors (Lipinski definition) is 3. The number of nitrogens with one attached hydrogen (secondary N) is 1. The first-order valence-electron chi connectivity index (χ1n) is 5.61. The Balaban J connectivity index is 2.15. The summed E-state index contributed by atoms with van der Waals surface area (Å²) in [5.41, 5.74) is 8.34. The molecule has 4 heteroatoms. The molecule has 3 nitrogen and oxygen atoms in total.